The van der Waals surface area contributed by atoms with Crippen molar-refractivity contribution in [3.8, 4) is 22.8 Å². The van der Waals surface area contributed by atoms with Gasteiger partial charge in [-0.2, -0.15) is 15.1 Å². The fraction of sp³-hybridized carbons (Fsp3) is 0.476. The maximum absolute atomic E-state index is 15.1. The lowest BCUT2D eigenvalue weighted by molar-refractivity contribution is 0.233. The number of halogens is 2. The number of benzene rings is 1. The Balaban J connectivity index is 2.05. The monoisotopic (exact) mass is 402 g/mol. The van der Waals surface area contributed by atoms with Crippen LogP contribution in [0.25, 0.3) is 16.9 Å². The summed E-state index contributed by atoms with van der Waals surface area (Å²) in [4.78, 5) is 8.64. The second-order valence-electron chi connectivity index (χ2n) is 7.62. The number of hydrogen-bond donors (Lipinski definition) is 0. The van der Waals surface area contributed by atoms with E-state index in [2.05, 4.69) is 15.1 Å². The van der Waals surface area contributed by atoms with Crippen LogP contribution in [0.5, 0.6) is 11.6 Å². The minimum atomic E-state index is -0.728. The lowest BCUT2D eigenvalue weighted by Crippen LogP contribution is -2.17. The summed E-state index contributed by atoms with van der Waals surface area (Å²) in [5.74, 6) is -0.726. The van der Waals surface area contributed by atoms with Gasteiger partial charge < -0.3 is 9.47 Å². The van der Waals surface area contributed by atoms with Crippen LogP contribution in [0.15, 0.2) is 18.5 Å². The maximum Gasteiger partial charge on any atom is 0.255 e. The van der Waals surface area contributed by atoms with E-state index in [9.17, 15) is 0 Å². The summed E-state index contributed by atoms with van der Waals surface area (Å²) in [6.07, 6.45) is 6.25. The molecule has 0 bridgehead atoms. The Kier molecular flexibility index (Phi) is 5.34. The highest BCUT2D eigenvalue weighted by Crippen LogP contribution is 2.44. The fourth-order valence-electron chi connectivity index (χ4n) is 4.05. The molecular weight excluding hydrogens is 378 g/mol. The van der Waals surface area contributed by atoms with Gasteiger partial charge in [0.2, 0.25) is 5.88 Å². The van der Waals surface area contributed by atoms with E-state index < -0.39 is 11.6 Å². The SMILES string of the molecule is COc1cc(F)c(-c2c(OC(C)C)nc3ncnn3c2C2CCCCC2)c(F)c1. The molecule has 6 nitrogen and oxygen atoms in total. The Labute approximate surface area is 167 Å². The summed E-state index contributed by atoms with van der Waals surface area (Å²) >= 11 is 0. The molecular formula is C21H24F2N4O2. The van der Waals surface area contributed by atoms with Gasteiger partial charge in [-0.1, -0.05) is 19.3 Å². The van der Waals surface area contributed by atoms with E-state index in [1.54, 1.807) is 4.52 Å². The molecule has 1 aromatic carbocycles. The molecule has 1 aliphatic carbocycles. The standard InChI is InChI=1S/C21H24F2N4O2/c1-12(2)29-20-18(17-15(22)9-14(28-3)10-16(17)23)19(13-7-5-4-6-8-13)27-21(26-20)24-11-25-27/h9-13H,4-8H2,1-3H3. The van der Waals surface area contributed by atoms with E-state index in [0.29, 0.717) is 17.0 Å². The van der Waals surface area contributed by atoms with Gasteiger partial charge in [0.05, 0.1) is 30.0 Å². The van der Waals surface area contributed by atoms with E-state index in [0.717, 1.165) is 32.1 Å². The molecule has 1 aliphatic rings. The third kappa shape index (κ3) is 3.63. The average Bonchev–Trinajstić information content (AvgIpc) is 3.15. The predicted octanol–water partition coefficient (Wildman–Crippen LogP) is 4.91. The molecule has 154 valence electrons. The Morgan fingerprint density at radius 3 is 2.38 bits per heavy atom. The van der Waals surface area contributed by atoms with Crippen LogP contribution < -0.4 is 9.47 Å². The van der Waals surface area contributed by atoms with E-state index in [1.807, 2.05) is 13.8 Å². The molecule has 2 heterocycles. The van der Waals surface area contributed by atoms with Crippen molar-refractivity contribution in [1.82, 2.24) is 19.6 Å². The van der Waals surface area contributed by atoms with Crippen LogP contribution in [0.4, 0.5) is 8.78 Å². The summed E-state index contributed by atoms with van der Waals surface area (Å²) in [6, 6.07) is 2.35. The molecule has 0 unspecified atom stereocenters. The lowest BCUT2D eigenvalue weighted by atomic mass is 9.83. The summed E-state index contributed by atoms with van der Waals surface area (Å²) in [5.41, 5.74) is 0.832. The zero-order chi connectivity index (χ0) is 20.5. The first-order valence-electron chi connectivity index (χ1n) is 9.93. The molecule has 0 spiro atoms. The van der Waals surface area contributed by atoms with Crippen LogP contribution in [0.2, 0.25) is 0 Å². The Morgan fingerprint density at radius 2 is 1.76 bits per heavy atom. The van der Waals surface area contributed by atoms with Crippen LogP contribution in [0.1, 0.15) is 57.6 Å². The smallest absolute Gasteiger partial charge is 0.255 e. The molecule has 3 aromatic rings. The van der Waals surface area contributed by atoms with Gasteiger partial charge in [0.25, 0.3) is 5.78 Å². The number of fused-ring (bicyclic) bond motifs is 1. The first kappa shape index (κ1) is 19.5. The molecule has 0 N–H and O–H groups in total. The molecule has 4 rings (SSSR count). The zero-order valence-corrected chi connectivity index (χ0v) is 16.8. The van der Waals surface area contributed by atoms with Gasteiger partial charge in [0.1, 0.15) is 23.7 Å². The Morgan fingerprint density at radius 1 is 1.07 bits per heavy atom. The molecule has 0 radical (unpaired) electrons. The van der Waals surface area contributed by atoms with Crippen molar-refractivity contribution in [2.45, 2.75) is 58.0 Å². The van der Waals surface area contributed by atoms with Gasteiger partial charge in [-0.25, -0.2) is 13.3 Å². The van der Waals surface area contributed by atoms with Crippen LogP contribution in [-0.4, -0.2) is 32.8 Å². The molecule has 0 aliphatic heterocycles. The number of rotatable bonds is 5. The summed E-state index contributed by atoms with van der Waals surface area (Å²) < 4.78 is 42.8. The van der Waals surface area contributed by atoms with Crippen molar-refractivity contribution in [2.75, 3.05) is 7.11 Å². The van der Waals surface area contributed by atoms with E-state index in [4.69, 9.17) is 9.47 Å². The molecule has 1 fully saturated rings. The highest BCUT2D eigenvalue weighted by atomic mass is 19.1. The topological polar surface area (TPSA) is 61.5 Å². The highest BCUT2D eigenvalue weighted by Gasteiger charge is 2.31. The first-order chi connectivity index (χ1) is 14.0. The normalized spacial score (nSPS) is 15.2. The van der Waals surface area contributed by atoms with Crippen molar-refractivity contribution in [2.24, 2.45) is 0 Å². The van der Waals surface area contributed by atoms with Crippen molar-refractivity contribution < 1.29 is 18.3 Å². The maximum atomic E-state index is 15.1. The summed E-state index contributed by atoms with van der Waals surface area (Å²) in [7, 11) is 1.37. The quantitative estimate of drug-likeness (QED) is 0.607. The van der Waals surface area contributed by atoms with Gasteiger partial charge in [0, 0.05) is 18.1 Å². The first-order valence-corrected chi connectivity index (χ1v) is 9.93. The van der Waals surface area contributed by atoms with Crippen LogP contribution in [-0.2, 0) is 0 Å². The average molecular weight is 402 g/mol. The number of nitrogens with zero attached hydrogens (tertiary/aromatic N) is 4. The molecule has 29 heavy (non-hydrogen) atoms. The summed E-state index contributed by atoms with van der Waals surface area (Å²) in [6.45, 7) is 3.70. The second kappa shape index (κ2) is 7.93. The number of hydrogen-bond acceptors (Lipinski definition) is 5. The fourth-order valence-corrected chi connectivity index (χ4v) is 4.05. The molecule has 0 atom stereocenters. The van der Waals surface area contributed by atoms with Gasteiger partial charge in [-0.15, -0.1) is 0 Å². The van der Waals surface area contributed by atoms with Crippen LogP contribution in [0.3, 0.4) is 0 Å². The predicted molar refractivity (Wildman–Crippen MR) is 104 cm³/mol. The van der Waals surface area contributed by atoms with Crippen LogP contribution >= 0.6 is 0 Å². The largest absolute Gasteiger partial charge is 0.497 e. The molecule has 8 heteroatoms. The summed E-state index contributed by atoms with van der Waals surface area (Å²) in [5, 5.41) is 4.31. The van der Waals surface area contributed by atoms with E-state index in [-0.39, 0.29) is 29.2 Å². The second-order valence-corrected chi connectivity index (χ2v) is 7.62. The van der Waals surface area contributed by atoms with Gasteiger partial charge >= 0.3 is 0 Å². The molecule has 0 saturated heterocycles. The van der Waals surface area contributed by atoms with Gasteiger partial charge in [-0.3, -0.25) is 0 Å². The van der Waals surface area contributed by atoms with E-state index >= 15 is 8.78 Å². The number of aromatic nitrogens is 4. The van der Waals surface area contributed by atoms with Gasteiger partial charge in [0.15, 0.2) is 0 Å². The molecule has 1 saturated carbocycles. The Hall–Kier alpha value is -2.77. The van der Waals surface area contributed by atoms with Crippen molar-refractivity contribution >= 4 is 5.78 Å². The minimum Gasteiger partial charge on any atom is -0.497 e. The molecule has 2 aromatic heterocycles. The number of ether oxygens (including phenoxy) is 2. The van der Waals surface area contributed by atoms with Gasteiger partial charge in [-0.05, 0) is 26.7 Å². The van der Waals surface area contributed by atoms with Crippen molar-refractivity contribution in [3.63, 3.8) is 0 Å². The molecule has 0 amide bonds. The van der Waals surface area contributed by atoms with Crippen molar-refractivity contribution in [3.05, 3.63) is 35.8 Å². The lowest BCUT2D eigenvalue weighted by Gasteiger charge is -2.26. The Bertz CT molecular complexity index is 1010. The van der Waals surface area contributed by atoms with E-state index in [1.165, 1.54) is 25.6 Å². The minimum absolute atomic E-state index is 0.0846. The third-order valence-electron chi connectivity index (χ3n) is 5.27. The highest BCUT2D eigenvalue weighted by molar-refractivity contribution is 5.75. The number of methoxy groups -OCH3 is 1. The third-order valence-corrected chi connectivity index (χ3v) is 5.27. The zero-order valence-electron chi connectivity index (χ0n) is 16.8. The van der Waals surface area contributed by atoms with Crippen LogP contribution in [0, 0.1) is 11.6 Å². The van der Waals surface area contributed by atoms with Crippen molar-refractivity contribution in [1.29, 1.82) is 0 Å².